The van der Waals surface area contributed by atoms with Crippen LogP contribution in [0.3, 0.4) is 0 Å². The van der Waals surface area contributed by atoms with Crippen LogP contribution in [0.25, 0.3) is 0 Å². The Morgan fingerprint density at radius 1 is 1.17 bits per heavy atom. The Bertz CT molecular complexity index is 630. The molecule has 2 rings (SSSR count). The lowest BCUT2D eigenvalue weighted by Crippen LogP contribution is -2.43. The molecule has 23 heavy (non-hydrogen) atoms. The van der Waals surface area contributed by atoms with E-state index >= 15 is 0 Å². The van der Waals surface area contributed by atoms with E-state index in [0.717, 1.165) is 5.56 Å². The highest BCUT2D eigenvalue weighted by atomic mass is 19.1. The van der Waals surface area contributed by atoms with Gasteiger partial charge in [0.05, 0.1) is 13.2 Å². The Morgan fingerprint density at radius 3 is 2.48 bits per heavy atom. The number of nitrogens with one attached hydrogen (secondary N) is 2. The summed E-state index contributed by atoms with van der Waals surface area (Å²) in [4.78, 5) is 16.7. The summed E-state index contributed by atoms with van der Waals surface area (Å²) in [6.07, 6.45) is 0. The Balaban J connectivity index is 1.76. The van der Waals surface area contributed by atoms with Crippen LogP contribution in [0.4, 0.5) is 9.18 Å². The summed E-state index contributed by atoms with van der Waals surface area (Å²) in [7, 11) is 0. The number of aliphatic hydroxyl groups is 1. The number of rotatable bonds is 6. The molecule has 6 heteroatoms. The van der Waals surface area contributed by atoms with Crippen LogP contribution in [0.1, 0.15) is 18.1 Å². The second-order valence-electron chi connectivity index (χ2n) is 5.34. The van der Waals surface area contributed by atoms with Crippen LogP contribution in [0, 0.1) is 5.82 Å². The summed E-state index contributed by atoms with van der Waals surface area (Å²) in [6, 6.07) is 14.3. The first kappa shape index (κ1) is 16.9. The molecule has 2 aromatic rings. The third-order valence-corrected chi connectivity index (χ3v) is 3.31. The van der Waals surface area contributed by atoms with E-state index in [2.05, 4.69) is 10.8 Å². The van der Waals surface area contributed by atoms with Gasteiger partial charge in [0.2, 0.25) is 0 Å². The molecule has 2 amide bonds. The Labute approximate surface area is 134 Å². The maximum Gasteiger partial charge on any atom is 0.338 e. The van der Waals surface area contributed by atoms with Crippen LogP contribution in [0.2, 0.25) is 0 Å². The van der Waals surface area contributed by atoms with Crippen LogP contribution in [0.5, 0.6) is 0 Å². The van der Waals surface area contributed by atoms with Crippen LogP contribution in [-0.4, -0.2) is 17.7 Å². The summed E-state index contributed by atoms with van der Waals surface area (Å²) >= 11 is 0. The largest absolute Gasteiger partial charge is 0.384 e. The molecular weight excluding hydrogens is 299 g/mol. The van der Waals surface area contributed by atoms with Gasteiger partial charge in [0.25, 0.3) is 0 Å². The predicted octanol–water partition coefficient (Wildman–Crippen LogP) is 2.46. The van der Waals surface area contributed by atoms with Crippen molar-refractivity contribution in [3.8, 4) is 0 Å². The molecule has 1 unspecified atom stereocenters. The first-order chi connectivity index (χ1) is 11.0. The number of amides is 2. The van der Waals surface area contributed by atoms with Crippen molar-refractivity contribution in [2.24, 2.45) is 0 Å². The minimum absolute atomic E-state index is 0.0425. The van der Waals surface area contributed by atoms with Crippen molar-refractivity contribution < 1.29 is 19.1 Å². The quantitative estimate of drug-likeness (QED) is 0.717. The van der Waals surface area contributed by atoms with Gasteiger partial charge in [0.15, 0.2) is 0 Å². The zero-order valence-electron chi connectivity index (χ0n) is 12.8. The van der Waals surface area contributed by atoms with Crippen LogP contribution < -0.4 is 10.8 Å². The molecule has 0 saturated heterocycles. The Morgan fingerprint density at radius 2 is 1.83 bits per heavy atom. The fourth-order valence-electron chi connectivity index (χ4n) is 1.96. The molecule has 0 heterocycles. The lowest BCUT2D eigenvalue weighted by Gasteiger charge is -2.24. The van der Waals surface area contributed by atoms with Crippen molar-refractivity contribution in [1.29, 1.82) is 0 Å². The van der Waals surface area contributed by atoms with E-state index in [9.17, 15) is 14.3 Å². The van der Waals surface area contributed by atoms with Crippen molar-refractivity contribution in [1.82, 2.24) is 10.8 Å². The maximum absolute atomic E-state index is 12.9. The van der Waals surface area contributed by atoms with E-state index in [4.69, 9.17) is 4.84 Å². The van der Waals surface area contributed by atoms with Gasteiger partial charge in [0.1, 0.15) is 11.4 Å². The van der Waals surface area contributed by atoms with Crippen molar-refractivity contribution in [3.05, 3.63) is 71.5 Å². The lowest BCUT2D eigenvalue weighted by molar-refractivity contribution is 0.0378. The zero-order valence-corrected chi connectivity index (χ0v) is 12.8. The molecular formula is C17H19FN2O3. The highest BCUT2D eigenvalue weighted by Crippen LogP contribution is 2.19. The molecule has 0 radical (unpaired) electrons. The van der Waals surface area contributed by atoms with E-state index in [1.807, 2.05) is 30.3 Å². The number of hydrogen-bond acceptors (Lipinski definition) is 3. The van der Waals surface area contributed by atoms with Crippen LogP contribution >= 0.6 is 0 Å². The van der Waals surface area contributed by atoms with E-state index in [0.29, 0.717) is 5.56 Å². The Hall–Kier alpha value is -2.44. The average Bonchev–Trinajstić information content (AvgIpc) is 2.54. The zero-order chi connectivity index (χ0) is 16.7. The number of urea groups is 1. The standard InChI is InChI=1S/C17H19FN2O3/c1-17(22,14-7-9-15(18)10-8-14)12-19-16(21)20-23-11-13-5-3-2-4-6-13/h2-10,22H,11-12H2,1H3,(H2,19,20,21). The van der Waals surface area contributed by atoms with Gasteiger partial charge in [-0.15, -0.1) is 0 Å². The molecule has 3 N–H and O–H groups in total. The van der Waals surface area contributed by atoms with Gasteiger partial charge < -0.3 is 10.4 Å². The number of carbonyl (C=O) groups is 1. The van der Waals surface area contributed by atoms with Crippen LogP contribution in [-0.2, 0) is 17.0 Å². The first-order valence-corrected chi connectivity index (χ1v) is 7.15. The van der Waals surface area contributed by atoms with Gasteiger partial charge in [0, 0.05) is 0 Å². The summed E-state index contributed by atoms with van der Waals surface area (Å²) in [6.45, 7) is 1.73. The average molecular weight is 318 g/mol. The second-order valence-corrected chi connectivity index (χ2v) is 5.34. The number of carbonyl (C=O) groups excluding carboxylic acids is 1. The van der Waals surface area contributed by atoms with E-state index in [1.165, 1.54) is 31.2 Å². The molecule has 0 bridgehead atoms. The molecule has 0 aliphatic carbocycles. The summed E-state index contributed by atoms with van der Waals surface area (Å²) in [5.74, 6) is -0.385. The molecule has 2 aromatic carbocycles. The van der Waals surface area contributed by atoms with E-state index in [1.54, 1.807) is 0 Å². The minimum atomic E-state index is -1.32. The summed E-state index contributed by atoms with van der Waals surface area (Å²) < 4.78 is 12.9. The number of hydrogen-bond donors (Lipinski definition) is 3. The topological polar surface area (TPSA) is 70.6 Å². The van der Waals surface area contributed by atoms with Gasteiger partial charge >= 0.3 is 6.03 Å². The third kappa shape index (κ3) is 5.36. The Kier molecular flexibility index (Phi) is 5.67. The molecule has 0 aliphatic rings. The summed E-state index contributed by atoms with van der Waals surface area (Å²) in [5.41, 5.74) is 2.35. The van der Waals surface area contributed by atoms with Gasteiger partial charge in [-0.05, 0) is 30.2 Å². The highest BCUT2D eigenvalue weighted by Gasteiger charge is 2.23. The van der Waals surface area contributed by atoms with Gasteiger partial charge in [-0.2, -0.15) is 0 Å². The van der Waals surface area contributed by atoms with Gasteiger partial charge in [-0.3, -0.25) is 4.84 Å². The molecule has 1 atom stereocenters. The minimum Gasteiger partial charge on any atom is -0.384 e. The van der Waals surface area contributed by atoms with Gasteiger partial charge in [-0.1, -0.05) is 42.5 Å². The normalized spacial score (nSPS) is 13.2. The van der Waals surface area contributed by atoms with Crippen molar-refractivity contribution in [2.75, 3.05) is 6.54 Å². The van der Waals surface area contributed by atoms with Crippen molar-refractivity contribution >= 4 is 6.03 Å². The summed E-state index contributed by atoms with van der Waals surface area (Å²) in [5, 5.41) is 12.8. The lowest BCUT2D eigenvalue weighted by atomic mass is 9.96. The number of hydroxylamine groups is 1. The fraction of sp³-hybridized carbons (Fsp3) is 0.235. The smallest absolute Gasteiger partial charge is 0.338 e. The molecule has 0 aromatic heterocycles. The molecule has 5 nitrogen and oxygen atoms in total. The third-order valence-electron chi connectivity index (χ3n) is 3.31. The van der Waals surface area contributed by atoms with Crippen molar-refractivity contribution in [2.45, 2.75) is 19.1 Å². The van der Waals surface area contributed by atoms with Crippen molar-refractivity contribution in [3.63, 3.8) is 0 Å². The molecule has 0 spiro atoms. The molecule has 0 saturated carbocycles. The SMILES string of the molecule is CC(O)(CNC(=O)NOCc1ccccc1)c1ccc(F)cc1. The monoisotopic (exact) mass is 318 g/mol. The number of benzene rings is 2. The first-order valence-electron chi connectivity index (χ1n) is 7.15. The van der Waals surface area contributed by atoms with Gasteiger partial charge in [-0.25, -0.2) is 14.7 Å². The molecule has 0 fully saturated rings. The molecule has 0 aliphatic heterocycles. The van der Waals surface area contributed by atoms with Crippen LogP contribution in [0.15, 0.2) is 54.6 Å². The predicted molar refractivity (Wildman–Crippen MR) is 83.7 cm³/mol. The number of halogens is 1. The van der Waals surface area contributed by atoms with E-state index in [-0.39, 0.29) is 19.0 Å². The highest BCUT2D eigenvalue weighted by molar-refractivity contribution is 5.72. The molecule has 122 valence electrons. The maximum atomic E-state index is 12.9. The second kappa shape index (κ2) is 7.71. The van der Waals surface area contributed by atoms with E-state index < -0.39 is 11.6 Å². The fourth-order valence-corrected chi connectivity index (χ4v) is 1.96.